The Morgan fingerprint density at radius 1 is 1.18 bits per heavy atom. The summed E-state index contributed by atoms with van der Waals surface area (Å²) in [5.41, 5.74) is 1.75. The Bertz CT molecular complexity index is 987. The Morgan fingerprint density at radius 3 is 2.89 bits per heavy atom. The highest BCUT2D eigenvalue weighted by Gasteiger charge is 2.30. The van der Waals surface area contributed by atoms with Crippen molar-refractivity contribution in [2.45, 2.75) is 31.7 Å². The molecule has 28 heavy (non-hydrogen) atoms. The number of likely N-dealkylation sites (tertiary alicyclic amines) is 1. The lowest BCUT2D eigenvalue weighted by molar-refractivity contribution is -0.134. The number of benzene rings is 1. The van der Waals surface area contributed by atoms with Gasteiger partial charge in [0.15, 0.2) is 0 Å². The lowest BCUT2D eigenvalue weighted by Crippen LogP contribution is -2.40. The van der Waals surface area contributed by atoms with Crippen LogP contribution in [-0.4, -0.2) is 51.2 Å². The van der Waals surface area contributed by atoms with Crippen molar-refractivity contribution in [2.75, 3.05) is 20.8 Å². The minimum Gasteiger partial charge on any atom is -0.497 e. The molecule has 0 bridgehead atoms. The van der Waals surface area contributed by atoms with Gasteiger partial charge in [-0.15, -0.1) is 0 Å². The number of ether oxygens (including phenoxy) is 2. The molecule has 0 aliphatic carbocycles. The van der Waals surface area contributed by atoms with Gasteiger partial charge in [-0.3, -0.25) is 4.79 Å². The molecule has 1 unspecified atom stereocenters. The van der Waals surface area contributed by atoms with Crippen molar-refractivity contribution in [3.8, 4) is 11.5 Å². The van der Waals surface area contributed by atoms with Gasteiger partial charge in [-0.1, -0.05) is 0 Å². The Morgan fingerprint density at radius 2 is 2.07 bits per heavy atom. The Hall–Kier alpha value is -3.16. The second kappa shape index (κ2) is 7.84. The molecule has 8 nitrogen and oxygen atoms in total. The van der Waals surface area contributed by atoms with Gasteiger partial charge in [0.1, 0.15) is 17.8 Å². The van der Waals surface area contributed by atoms with Crippen LogP contribution < -0.4 is 9.47 Å². The Balaban J connectivity index is 1.63. The normalized spacial score (nSPS) is 16.9. The zero-order chi connectivity index (χ0) is 19.5. The fraction of sp³-hybridized carbons (Fsp3) is 0.400. The van der Waals surface area contributed by atoms with E-state index in [1.54, 1.807) is 24.9 Å². The first-order chi connectivity index (χ1) is 13.7. The second-order valence-electron chi connectivity index (χ2n) is 6.79. The van der Waals surface area contributed by atoms with E-state index in [0.717, 1.165) is 30.5 Å². The molecule has 1 aliphatic rings. The first-order valence-corrected chi connectivity index (χ1v) is 9.36. The molecule has 1 saturated heterocycles. The van der Waals surface area contributed by atoms with Crippen molar-refractivity contribution in [1.29, 1.82) is 0 Å². The van der Waals surface area contributed by atoms with Crippen molar-refractivity contribution in [2.24, 2.45) is 0 Å². The predicted molar refractivity (Wildman–Crippen MR) is 102 cm³/mol. The number of aromatic nitrogens is 4. The molecule has 0 saturated carbocycles. The molecule has 3 aromatic rings. The molecule has 1 amide bonds. The van der Waals surface area contributed by atoms with Crippen LogP contribution in [0.1, 0.15) is 36.6 Å². The molecule has 3 heterocycles. The van der Waals surface area contributed by atoms with Crippen LogP contribution in [0.4, 0.5) is 0 Å². The van der Waals surface area contributed by atoms with E-state index in [-0.39, 0.29) is 18.4 Å². The zero-order valence-electron chi connectivity index (χ0n) is 16.0. The van der Waals surface area contributed by atoms with E-state index in [9.17, 15) is 4.79 Å². The van der Waals surface area contributed by atoms with E-state index in [0.29, 0.717) is 23.8 Å². The quantitative estimate of drug-likeness (QED) is 0.675. The molecule has 0 spiro atoms. The van der Waals surface area contributed by atoms with Gasteiger partial charge in [0.25, 0.3) is 5.78 Å². The SMILES string of the molecule is COc1ccc(OC)c(CC(=O)N2CCCCC2c2ccnc3ncnn23)c1. The third-order valence-electron chi connectivity index (χ3n) is 5.20. The summed E-state index contributed by atoms with van der Waals surface area (Å²) in [6.07, 6.45) is 6.41. The summed E-state index contributed by atoms with van der Waals surface area (Å²) in [5, 5.41) is 4.29. The van der Waals surface area contributed by atoms with Gasteiger partial charge in [-0.25, -0.2) is 4.98 Å². The molecule has 146 valence electrons. The highest BCUT2D eigenvalue weighted by atomic mass is 16.5. The van der Waals surface area contributed by atoms with E-state index in [1.807, 2.05) is 29.2 Å². The molecule has 1 fully saturated rings. The van der Waals surface area contributed by atoms with E-state index in [1.165, 1.54) is 6.33 Å². The van der Waals surface area contributed by atoms with Crippen molar-refractivity contribution >= 4 is 11.7 Å². The van der Waals surface area contributed by atoms with Gasteiger partial charge in [0.05, 0.1) is 32.4 Å². The minimum atomic E-state index is -0.0509. The van der Waals surface area contributed by atoms with Crippen LogP contribution in [0.3, 0.4) is 0 Å². The first-order valence-electron chi connectivity index (χ1n) is 9.36. The standard InChI is InChI=1S/C20H23N5O3/c1-27-15-6-7-18(28-2)14(11-15)12-19(26)24-10-4-3-5-16(24)17-8-9-21-20-22-13-23-25(17)20/h6-9,11,13,16H,3-5,10,12H2,1-2H3. The van der Waals surface area contributed by atoms with E-state index < -0.39 is 0 Å². The largest absolute Gasteiger partial charge is 0.497 e. The average molecular weight is 381 g/mol. The summed E-state index contributed by atoms with van der Waals surface area (Å²) in [4.78, 5) is 23.6. The van der Waals surface area contributed by atoms with Crippen LogP contribution in [0.25, 0.3) is 5.78 Å². The summed E-state index contributed by atoms with van der Waals surface area (Å²) in [5.74, 6) is 1.99. The summed E-state index contributed by atoms with van der Waals surface area (Å²) in [6.45, 7) is 0.717. The number of hydrogen-bond acceptors (Lipinski definition) is 6. The van der Waals surface area contributed by atoms with Gasteiger partial charge in [-0.2, -0.15) is 14.6 Å². The van der Waals surface area contributed by atoms with E-state index >= 15 is 0 Å². The molecule has 1 aromatic carbocycles. The fourth-order valence-electron chi connectivity index (χ4n) is 3.83. The summed E-state index contributed by atoms with van der Waals surface area (Å²) < 4.78 is 12.5. The van der Waals surface area contributed by atoms with Crippen LogP contribution in [0.2, 0.25) is 0 Å². The monoisotopic (exact) mass is 381 g/mol. The average Bonchev–Trinajstić information content (AvgIpc) is 3.22. The van der Waals surface area contributed by atoms with Gasteiger partial charge < -0.3 is 14.4 Å². The lowest BCUT2D eigenvalue weighted by atomic mass is 9.97. The third kappa shape index (κ3) is 3.37. The Labute approximate surface area is 163 Å². The van der Waals surface area contributed by atoms with Crippen molar-refractivity contribution in [1.82, 2.24) is 24.5 Å². The summed E-state index contributed by atoms with van der Waals surface area (Å²) in [6, 6.07) is 7.39. The smallest absolute Gasteiger partial charge is 0.252 e. The number of rotatable bonds is 5. The molecular weight excluding hydrogens is 358 g/mol. The maximum atomic E-state index is 13.3. The van der Waals surface area contributed by atoms with Crippen molar-refractivity contribution in [3.05, 3.63) is 48.0 Å². The zero-order valence-corrected chi connectivity index (χ0v) is 16.0. The molecule has 8 heteroatoms. The van der Waals surface area contributed by atoms with Gasteiger partial charge >= 0.3 is 0 Å². The van der Waals surface area contributed by atoms with Crippen molar-refractivity contribution < 1.29 is 14.3 Å². The van der Waals surface area contributed by atoms with Crippen LogP contribution >= 0.6 is 0 Å². The second-order valence-corrected chi connectivity index (χ2v) is 6.79. The summed E-state index contributed by atoms with van der Waals surface area (Å²) in [7, 11) is 3.22. The fourth-order valence-corrected chi connectivity index (χ4v) is 3.83. The summed E-state index contributed by atoms with van der Waals surface area (Å²) >= 11 is 0. The molecule has 4 rings (SSSR count). The molecule has 1 atom stereocenters. The van der Waals surface area contributed by atoms with Gasteiger partial charge in [-0.05, 0) is 43.5 Å². The number of hydrogen-bond donors (Lipinski definition) is 0. The molecular formula is C20H23N5O3. The van der Waals surface area contributed by atoms with Crippen LogP contribution in [0, 0.1) is 0 Å². The van der Waals surface area contributed by atoms with Gasteiger partial charge in [0, 0.05) is 18.3 Å². The van der Waals surface area contributed by atoms with Crippen LogP contribution in [0.5, 0.6) is 11.5 Å². The number of nitrogens with zero attached hydrogens (tertiary/aromatic N) is 5. The minimum absolute atomic E-state index is 0.0509. The van der Waals surface area contributed by atoms with E-state index in [2.05, 4.69) is 15.1 Å². The van der Waals surface area contributed by atoms with Crippen LogP contribution in [-0.2, 0) is 11.2 Å². The molecule has 0 radical (unpaired) electrons. The topological polar surface area (TPSA) is 81.9 Å². The number of fused-ring (bicyclic) bond motifs is 1. The first kappa shape index (κ1) is 18.2. The number of carbonyl (C=O) groups excluding carboxylic acids is 1. The number of methoxy groups -OCH3 is 2. The maximum Gasteiger partial charge on any atom is 0.252 e. The lowest BCUT2D eigenvalue weighted by Gasteiger charge is -2.36. The third-order valence-corrected chi connectivity index (χ3v) is 5.20. The van der Waals surface area contributed by atoms with Gasteiger partial charge in [0.2, 0.25) is 5.91 Å². The number of carbonyl (C=O) groups is 1. The highest BCUT2D eigenvalue weighted by Crippen LogP contribution is 2.32. The van der Waals surface area contributed by atoms with E-state index in [4.69, 9.17) is 9.47 Å². The number of amides is 1. The van der Waals surface area contributed by atoms with Crippen LogP contribution in [0.15, 0.2) is 36.8 Å². The predicted octanol–water partition coefficient (Wildman–Crippen LogP) is 2.44. The van der Waals surface area contributed by atoms with Crippen molar-refractivity contribution in [3.63, 3.8) is 0 Å². The Kier molecular flexibility index (Phi) is 5.10. The number of piperidine rings is 1. The molecule has 0 N–H and O–H groups in total. The molecule has 1 aliphatic heterocycles. The highest BCUT2D eigenvalue weighted by molar-refractivity contribution is 5.80. The maximum absolute atomic E-state index is 13.3. The molecule has 2 aromatic heterocycles.